The van der Waals surface area contributed by atoms with Gasteiger partial charge in [-0.1, -0.05) is 0 Å². The smallest absolute Gasteiger partial charge is 0.283 e. The highest BCUT2D eigenvalue weighted by atomic mass is 19.3. The molecule has 0 heterocycles. The molecular weight excluding hydrogens is 204 g/mol. The molecule has 5 heteroatoms. The lowest BCUT2D eigenvalue weighted by atomic mass is 10.1. The number of aliphatic hydroxyl groups excluding tert-OH is 1. The van der Waals surface area contributed by atoms with E-state index in [4.69, 9.17) is 9.84 Å². The quantitative estimate of drug-likeness (QED) is 0.644. The second-order valence-electron chi connectivity index (χ2n) is 4.59. The van der Waals surface area contributed by atoms with Crippen molar-refractivity contribution in [3.05, 3.63) is 0 Å². The van der Waals surface area contributed by atoms with E-state index in [0.717, 1.165) is 0 Å². The highest BCUT2D eigenvalue weighted by molar-refractivity contribution is 4.76. The molecule has 0 atom stereocenters. The molecule has 0 aliphatic heterocycles. The third-order valence-corrected chi connectivity index (χ3v) is 1.64. The van der Waals surface area contributed by atoms with Crippen LogP contribution in [0.25, 0.3) is 0 Å². The van der Waals surface area contributed by atoms with Gasteiger partial charge in [-0.3, -0.25) is 0 Å². The van der Waals surface area contributed by atoms with Crippen LogP contribution in [-0.4, -0.2) is 42.9 Å². The molecule has 15 heavy (non-hydrogen) atoms. The molecule has 0 saturated carbocycles. The first kappa shape index (κ1) is 14.7. The lowest BCUT2D eigenvalue weighted by molar-refractivity contribution is -0.0788. The molecule has 2 N–H and O–H groups in total. The van der Waals surface area contributed by atoms with Crippen molar-refractivity contribution in [2.45, 2.75) is 38.7 Å². The molecular formula is C10H21F2NO2. The Morgan fingerprint density at radius 1 is 1.27 bits per heavy atom. The van der Waals surface area contributed by atoms with Crippen LogP contribution in [-0.2, 0) is 4.74 Å². The maximum atomic E-state index is 13.1. The number of nitrogens with one attached hydrogen (secondary N) is 1. The zero-order valence-corrected chi connectivity index (χ0v) is 9.65. The van der Waals surface area contributed by atoms with Gasteiger partial charge in [0.25, 0.3) is 5.92 Å². The van der Waals surface area contributed by atoms with E-state index in [1.165, 1.54) is 0 Å². The van der Waals surface area contributed by atoms with E-state index < -0.39 is 19.1 Å². The summed E-state index contributed by atoms with van der Waals surface area (Å²) in [5.41, 5.74) is -0.325. The number of ether oxygens (including phenoxy) is 1. The minimum absolute atomic E-state index is 0.0359. The minimum atomic E-state index is -2.86. The van der Waals surface area contributed by atoms with Gasteiger partial charge in [0.2, 0.25) is 0 Å². The molecule has 0 aromatic carbocycles. The average Bonchev–Trinajstić information content (AvgIpc) is 2.09. The van der Waals surface area contributed by atoms with Crippen LogP contribution in [0.1, 0.15) is 27.2 Å². The Balaban J connectivity index is 3.67. The van der Waals surface area contributed by atoms with Gasteiger partial charge in [-0.15, -0.1) is 0 Å². The monoisotopic (exact) mass is 225 g/mol. The van der Waals surface area contributed by atoms with Gasteiger partial charge in [-0.25, -0.2) is 8.78 Å². The summed E-state index contributed by atoms with van der Waals surface area (Å²) in [6.45, 7) is 4.63. The van der Waals surface area contributed by atoms with Crippen molar-refractivity contribution in [1.82, 2.24) is 5.32 Å². The predicted octanol–water partition coefficient (Wildman–Crippen LogP) is 1.41. The normalized spacial score (nSPS) is 13.2. The van der Waals surface area contributed by atoms with Gasteiger partial charge in [-0.2, -0.15) is 0 Å². The van der Waals surface area contributed by atoms with Crippen molar-refractivity contribution in [3.63, 3.8) is 0 Å². The van der Waals surface area contributed by atoms with Crippen LogP contribution in [0, 0.1) is 0 Å². The van der Waals surface area contributed by atoms with Crippen molar-refractivity contribution in [2.24, 2.45) is 0 Å². The van der Waals surface area contributed by atoms with Gasteiger partial charge >= 0.3 is 0 Å². The molecule has 0 spiro atoms. The molecule has 0 aromatic heterocycles. The molecule has 0 rings (SSSR count). The van der Waals surface area contributed by atoms with E-state index >= 15 is 0 Å². The number of alkyl halides is 2. The van der Waals surface area contributed by atoms with Gasteiger partial charge in [0.05, 0.1) is 6.54 Å². The second kappa shape index (κ2) is 6.35. The van der Waals surface area contributed by atoms with Gasteiger partial charge in [-0.05, 0) is 27.2 Å². The molecule has 3 nitrogen and oxygen atoms in total. The van der Waals surface area contributed by atoms with Crippen LogP contribution >= 0.6 is 0 Å². The van der Waals surface area contributed by atoms with Crippen LogP contribution < -0.4 is 5.32 Å². The zero-order chi connectivity index (χ0) is 11.9. The Morgan fingerprint density at radius 3 is 2.33 bits per heavy atom. The largest absolute Gasteiger partial charge is 0.396 e. The number of halogens is 2. The van der Waals surface area contributed by atoms with Crippen LogP contribution in [0.3, 0.4) is 0 Å². The molecule has 0 aliphatic carbocycles. The fourth-order valence-electron chi connectivity index (χ4n) is 0.834. The van der Waals surface area contributed by atoms with E-state index in [1.807, 2.05) is 20.8 Å². The maximum absolute atomic E-state index is 13.1. The van der Waals surface area contributed by atoms with E-state index in [-0.39, 0.29) is 18.8 Å². The van der Waals surface area contributed by atoms with Crippen molar-refractivity contribution in [3.8, 4) is 0 Å². The van der Waals surface area contributed by atoms with Crippen LogP contribution in [0.15, 0.2) is 0 Å². The number of rotatable bonds is 7. The third kappa shape index (κ3) is 10.0. The maximum Gasteiger partial charge on any atom is 0.283 e. The summed E-state index contributed by atoms with van der Waals surface area (Å²) in [4.78, 5) is 0. The zero-order valence-electron chi connectivity index (χ0n) is 9.65. The predicted molar refractivity (Wildman–Crippen MR) is 55.2 cm³/mol. The first-order chi connectivity index (χ1) is 6.77. The van der Waals surface area contributed by atoms with E-state index in [0.29, 0.717) is 6.42 Å². The molecule has 0 aromatic rings. The SMILES string of the molecule is CC(C)(C)NCC(F)(F)COCCCO. The molecule has 0 aliphatic rings. The summed E-state index contributed by atoms with van der Waals surface area (Å²) in [6, 6.07) is 0. The topological polar surface area (TPSA) is 41.5 Å². The van der Waals surface area contributed by atoms with Gasteiger partial charge in [0, 0.05) is 18.8 Å². The summed E-state index contributed by atoms with van der Waals surface area (Å²) in [5, 5.41) is 11.1. The number of hydrogen-bond donors (Lipinski definition) is 2. The van der Waals surface area contributed by atoms with Crippen LogP contribution in [0.5, 0.6) is 0 Å². The summed E-state index contributed by atoms with van der Waals surface area (Å²) < 4.78 is 31.0. The van der Waals surface area contributed by atoms with Gasteiger partial charge in [0.15, 0.2) is 0 Å². The molecule has 0 amide bonds. The molecule has 0 bridgehead atoms. The molecule has 0 radical (unpaired) electrons. The highest BCUT2D eigenvalue weighted by Crippen LogP contribution is 2.14. The van der Waals surface area contributed by atoms with Crippen molar-refractivity contribution >= 4 is 0 Å². The van der Waals surface area contributed by atoms with E-state index in [1.54, 1.807) is 0 Å². The molecule has 0 fully saturated rings. The Hall–Kier alpha value is -0.260. The Kier molecular flexibility index (Phi) is 6.24. The average molecular weight is 225 g/mol. The number of hydrogen-bond acceptors (Lipinski definition) is 3. The Morgan fingerprint density at radius 2 is 1.87 bits per heavy atom. The second-order valence-corrected chi connectivity index (χ2v) is 4.59. The van der Waals surface area contributed by atoms with Crippen molar-refractivity contribution in [1.29, 1.82) is 0 Å². The van der Waals surface area contributed by atoms with Crippen molar-refractivity contribution in [2.75, 3.05) is 26.4 Å². The third-order valence-electron chi connectivity index (χ3n) is 1.64. The van der Waals surface area contributed by atoms with E-state index in [9.17, 15) is 8.78 Å². The minimum Gasteiger partial charge on any atom is -0.396 e. The molecule has 92 valence electrons. The highest BCUT2D eigenvalue weighted by Gasteiger charge is 2.30. The van der Waals surface area contributed by atoms with Gasteiger partial charge in [0.1, 0.15) is 6.61 Å². The van der Waals surface area contributed by atoms with Crippen molar-refractivity contribution < 1.29 is 18.6 Å². The summed E-state index contributed by atoms with van der Waals surface area (Å²) in [6.07, 6.45) is 0.392. The lowest BCUT2D eigenvalue weighted by Gasteiger charge is -2.25. The van der Waals surface area contributed by atoms with Gasteiger partial charge < -0.3 is 15.2 Å². The molecule has 0 saturated heterocycles. The van der Waals surface area contributed by atoms with Crippen LogP contribution in [0.2, 0.25) is 0 Å². The summed E-state index contributed by atoms with van der Waals surface area (Å²) >= 11 is 0. The number of aliphatic hydroxyl groups is 1. The molecule has 0 unspecified atom stereocenters. The fraction of sp³-hybridized carbons (Fsp3) is 1.00. The first-order valence-corrected chi connectivity index (χ1v) is 5.08. The Labute approximate surface area is 89.8 Å². The summed E-state index contributed by atoms with van der Waals surface area (Å²) in [5.74, 6) is -2.86. The first-order valence-electron chi connectivity index (χ1n) is 5.08. The summed E-state index contributed by atoms with van der Waals surface area (Å²) in [7, 11) is 0. The Bertz CT molecular complexity index is 169. The lowest BCUT2D eigenvalue weighted by Crippen LogP contribution is -2.45. The standard InChI is InChI=1S/C10H21F2NO2/c1-9(2,3)13-7-10(11,12)8-15-6-4-5-14/h13-14H,4-8H2,1-3H3. The van der Waals surface area contributed by atoms with E-state index in [2.05, 4.69) is 5.32 Å². The fourth-order valence-corrected chi connectivity index (χ4v) is 0.834. The van der Waals surface area contributed by atoms with Crippen LogP contribution in [0.4, 0.5) is 8.78 Å².